The summed E-state index contributed by atoms with van der Waals surface area (Å²) in [5.74, 6) is 0. The van der Waals surface area contributed by atoms with Gasteiger partial charge in [-0.05, 0) is 43.0 Å². The van der Waals surface area contributed by atoms with Crippen LogP contribution >= 0.6 is 23.5 Å². The lowest BCUT2D eigenvalue weighted by Gasteiger charge is -2.20. The van der Waals surface area contributed by atoms with Gasteiger partial charge < -0.3 is 0 Å². The summed E-state index contributed by atoms with van der Waals surface area (Å²) in [5.41, 5.74) is 1.72. The topological polar surface area (TPSA) is 0 Å². The van der Waals surface area contributed by atoms with E-state index in [2.05, 4.69) is 75.4 Å². The van der Waals surface area contributed by atoms with E-state index >= 15 is 0 Å². The third kappa shape index (κ3) is 2.77. The maximum atomic E-state index is 2.38. The van der Waals surface area contributed by atoms with E-state index in [1.54, 1.807) is 0 Å². The molecule has 0 heterocycles. The minimum atomic E-state index is 0.281. The lowest BCUT2D eigenvalue weighted by Crippen LogP contribution is -2.06. The van der Waals surface area contributed by atoms with Crippen molar-refractivity contribution in [2.75, 3.05) is 0 Å². The molecule has 1 fully saturated rings. The number of hydrogen-bond donors (Lipinski definition) is 0. The highest BCUT2D eigenvalue weighted by atomic mass is 32.2. The first-order valence-corrected chi connectivity index (χ1v) is 8.64. The van der Waals surface area contributed by atoms with Crippen molar-refractivity contribution in [3.8, 4) is 0 Å². The first-order valence-electron chi connectivity index (χ1n) is 7.01. The van der Waals surface area contributed by atoms with Crippen LogP contribution in [0.1, 0.15) is 25.8 Å². The molecule has 0 N–H and O–H groups in total. The van der Waals surface area contributed by atoms with Gasteiger partial charge in [0.2, 0.25) is 0 Å². The normalized spacial score (nSPS) is 23.6. The summed E-state index contributed by atoms with van der Waals surface area (Å²) in [6.45, 7) is 6.90. The predicted molar refractivity (Wildman–Crippen MR) is 90.5 cm³/mol. The zero-order valence-corrected chi connectivity index (χ0v) is 13.9. The highest BCUT2D eigenvalue weighted by Crippen LogP contribution is 2.72. The molecule has 2 heteroatoms. The van der Waals surface area contributed by atoms with Crippen LogP contribution in [0.25, 0.3) is 0 Å². The van der Waals surface area contributed by atoms with Gasteiger partial charge in [0.05, 0.1) is 4.08 Å². The molecule has 0 saturated heterocycles. The molecule has 0 nitrogen and oxygen atoms in total. The standard InChI is InChI=1S/C18H20S2/c1-14-9-11-16(12-10-14)20-18(13-17(18,2)3)19-15-7-5-4-6-8-15/h4-12H,13H2,1-3H3. The van der Waals surface area contributed by atoms with E-state index in [-0.39, 0.29) is 4.08 Å². The van der Waals surface area contributed by atoms with Gasteiger partial charge in [0.15, 0.2) is 0 Å². The Labute approximate surface area is 130 Å². The van der Waals surface area contributed by atoms with E-state index in [0.29, 0.717) is 5.41 Å². The molecule has 1 saturated carbocycles. The van der Waals surface area contributed by atoms with Crippen LogP contribution in [0.15, 0.2) is 64.4 Å². The Hall–Kier alpha value is -0.860. The number of hydrogen-bond acceptors (Lipinski definition) is 2. The van der Waals surface area contributed by atoms with Gasteiger partial charge in [-0.3, -0.25) is 0 Å². The molecule has 1 atom stereocenters. The molecule has 104 valence electrons. The fourth-order valence-electron chi connectivity index (χ4n) is 2.38. The molecular weight excluding hydrogens is 280 g/mol. The first-order chi connectivity index (χ1) is 9.51. The van der Waals surface area contributed by atoms with Crippen molar-refractivity contribution in [3.63, 3.8) is 0 Å². The Morgan fingerprint density at radius 1 is 0.800 bits per heavy atom. The first kappa shape index (κ1) is 14.1. The van der Waals surface area contributed by atoms with Gasteiger partial charge in [0, 0.05) is 9.79 Å². The molecule has 0 aromatic heterocycles. The second-order valence-electron chi connectivity index (χ2n) is 6.14. The second kappa shape index (κ2) is 5.16. The number of thioether (sulfide) groups is 2. The van der Waals surface area contributed by atoms with Gasteiger partial charge in [-0.1, -0.05) is 49.7 Å². The van der Waals surface area contributed by atoms with E-state index in [1.165, 1.54) is 21.8 Å². The molecule has 0 amide bonds. The van der Waals surface area contributed by atoms with Gasteiger partial charge in [-0.2, -0.15) is 0 Å². The zero-order chi connectivity index (χ0) is 14.2. The largest absolute Gasteiger partial charge is 0.107 e. The van der Waals surface area contributed by atoms with Gasteiger partial charge >= 0.3 is 0 Å². The SMILES string of the molecule is Cc1ccc(SC2(Sc3ccccc3)CC2(C)C)cc1. The van der Waals surface area contributed by atoms with Crippen LogP contribution in [-0.2, 0) is 0 Å². The van der Waals surface area contributed by atoms with E-state index in [0.717, 1.165) is 0 Å². The summed E-state index contributed by atoms with van der Waals surface area (Å²) >= 11 is 4.06. The fraction of sp³-hybridized carbons (Fsp3) is 0.333. The molecule has 3 rings (SSSR count). The van der Waals surface area contributed by atoms with Crippen LogP contribution in [0, 0.1) is 12.3 Å². The average molecular weight is 300 g/mol. The van der Waals surface area contributed by atoms with Crippen molar-refractivity contribution in [1.29, 1.82) is 0 Å². The summed E-state index contributed by atoms with van der Waals surface area (Å²) in [4.78, 5) is 2.75. The molecule has 20 heavy (non-hydrogen) atoms. The van der Waals surface area contributed by atoms with Crippen LogP contribution in [0.4, 0.5) is 0 Å². The monoisotopic (exact) mass is 300 g/mol. The highest BCUT2D eigenvalue weighted by Gasteiger charge is 2.62. The molecule has 0 radical (unpaired) electrons. The molecule has 0 aliphatic heterocycles. The molecule has 1 unspecified atom stereocenters. The number of benzene rings is 2. The van der Waals surface area contributed by atoms with E-state index in [1.807, 2.05) is 23.5 Å². The molecule has 1 aliphatic carbocycles. The van der Waals surface area contributed by atoms with Gasteiger partial charge in [-0.25, -0.2) is 0 Å². The van der Waals surface area contributed by atoms with E-state index < -0.39 is 0 Å². The smallest absolute Gasteiger partial charge is 0.0762 e. The molecule has 2 aromatic rings. The van der Waals surface area contributed by atoms with Gasteiger partial charge in [0.1, 0.15) is 0 Å². The maximum Gasteiger partial charge on any atom is 0.0762 e. The fourth-order valence-corrected chi connectivity index (χ4v) is 5.87. The minimum absolute atomic E-state index is 0.281. The Morgan fingerprint density at radius 3 is 1.80 bits per heavy atom. The van der Waals surface area contributed by atoms with Crippen molar-refractivity contribution in [2.24, 2.45) is 5.41 Å². The Bertz CT molecular complexity index is 587. The van der Waals surface area contributed by atoms with Crippen molar-refractivity contribution in [2.45, 2.75) is 41.1 Å². The van der Waals surface area contributed by atoms with Crippen molar-refractivity contribution in [3.05, 3.63) is 60.2 Å². The third-order valence-corrected chi connectivity index (χ3v) is 7.48. The quantitative estimate of drug-likeness (QED) is 0.635. The summed E-state index contributed by atoms with van der Waals surface area (Å²) in [6.07, 6.45) is 1.26. The maximum absolute atomic E-state index is 2.38. The molecule has 0 spiro atoms. The van der Waals surface area contributed by atoms with Crippen LogP contribution in [0.3, 0.4) is 0 Å². The van der Waals surface area contributed by atoms with E-state index in [9.17, 15) is 0 Å². The summed E-state index contributed by atoms with van der Waals surface area (Å²) in [7, 11) is 0. The Balaban J connectivity index is 1.81. The second-order valence-corrected chi connectivity index (χ2v) is 9.15. The lowest BCUT2D eigenvalue weighted by molar-refractivity contribution is 0.646. The summed E-state index contributed by atoms with van der Waals surface area (Å²) in [5, 5.41) is 0. The summed E-state index contributed by atoms with van der Waals surface area (Å²) in [6, 6.07) is 19.7. The Kier molecular flexibility index (Phi) is 3.64. The number of rotatable bonds is 4. The minimum Gasteiger partial charge on any atom is -0.107 e. The van der Waals surface area contributed by atoms with Crippen LogP contribution in [0.2, 0.25) is 0 Å². The molecule has 0 bridgehead atoms. The zero-order valence-electron chi connectivity index (χ0n) is 12.2. The molecular formula is C18H20S2. The van der Waals surface area contributed by atoms with Gasteiger partial charge in [0.25, 0.3) is 0 Å². The lowest BCUT2D eigenvalue weighted by atomic mass is 10.2. The average Bonchev–Trinajstić information content (AvgIpc) is 2.94. The van der Waals surface area contributed by atoms with Crippen LogP contribution in [-0.4, -0.2) is 4.08 Å². The van der Waals surface area contributed by atoms with Gasteiger partial charge in [-0.15, -0.1) is 23.5 Å². The van der Waals surface area contributed by atoms with Crippen molar-refractivity contribution >= 4 is 23.5 Å². The van der Waals surface area contributed by atoms with Crippen molar-refractivity contribution < 1.29 is 0 Å². The van der Waals surface area contributed by atoms with Crippen LogP contribution < -0.4 is 0 Å². The summed E-state index contributed by atoms with van der Waals surface area (Å²) < 4.78 is 0.281. The highest BCUT2D eigenvalue weighted by molar-refractivity contribution is 8.18. The molecule has 1 aliphatic rings. The van der Waals surface area contributed by atoms with E-state index in [4.69, 9.17) is 0 Å². The Morgan fingerprint density at radius 2 is 1.30 bits per heavy atom. The number of aryl methyl sites for hydroxylation is 1. The van der Waals surface area contributed by atoms with Crippen molar-refractivity contribution in [1.82, 2.24) is 0 Å². The predicted octanol–water partition coefficient (Wildman–Crippen LogP) is 6.01. The van der Waals surface area contributed by atoms with Crippen LogP contribution in [0.5, 0.6) is 0 Å². The third-order valence-electron chi connectivity index (χ3n) is 3.91. The molecule has 2 aromatic carbocycles.